The van der Waals surface area contributed by atoms with Crippen LogP contribution in [-0.2, 0) is 11.3 Å². The minimum Gasteiger partial charge on any atom is -0.389 e. The first-order chi connectivity index (χ1) is 6.72. The van der Waals surface area contributed by atoms with Gasteiger partial charge in [-0.3, -0.25) is 0 Å². The molecule has 1 unspecified atom stereocenters. The van der Waals surface area contributed by atoms with E-state index in [2.05, 4.69) is 10.3 Å². The van der Waals surface area contributed by atoms with Gasteiger partial charge in [-0.15, -0.1) is 11.3 Å². The fourth-order valence-electron chi connectivity index (χ4n) is 1.11. The third-order valence-electron chi connectivity index (χ3n) is 1.71. The first-order valence-electron chi connectivity index (χ1n) is 4.51. The van der Waals surface area contributed by atoms with Gasteiger partial charge >= 0.3 is 0 Å². The quantitative estimate of drug-likeness (QED) is 0.729. The zero-order valence-electron chi connectivity index (χ0n) is 8.49. The van der Waals surface area contributed by atoms with Crippen LogP contribution in [0, 0.1) is 6.92 Å². The number of rotatable bonds is 6. The molecule has 1 heterocycles. The Kier molecular flexibility index (Phi) is 5.03. The van der Waals surface area contributed by atoms with Crippen LogP contribution in [-0.4, -0.2) is 36.5 Å². The molecule has 0 aliphatic carbocycles. The van der Waals surface area contributed by atoms with Gasteiger partial charge in [-0.05, 0) is 6.92 Å². The SMILES string of the molecule is COCC(O)CNCc1csc(C)n1. The number of aliphatic hydroxyl groups is 1. The number of hydrogen-bond donors (Lipinski definition) is 2. The lowest BCUT2D eigenvalue weighted by molar-refractivity contribution is 0.0643. The van der Waals surface area contributed by atoms with E-state index < -0.39 is 6.10 Å². The van der Waals surface area contributed by atoms with Gasteiger partial charge in [0.25, 0.3) is 0 Å². The molecule has 0 fully saturated rings. The maximum absolute atomic E-state index is 9.33. The molecule has 1 atom stereocenters. The molecule has 1 aromatic rings. The van der Waals surface area contributed by atoms with Gasteiger partial charge < -0.3 is 15.2 Å². The highest BCUT2D eigenvalue weighted by Gasteiger charge is 2.03. The normalized spacial score (nSPS) is 13.1. The zero-order valence-corrected chi connectivity index (χ0v) is 9.30. The van der Waals surface area contributed by atoms with Crippen molar-refractivity contribution in [2.45, 2.75) is 19.6 Å². The van der Waals surface area contributed by atoms with E-state index >= 15 is 0 Å². The van der Waals surface area contributed by atoms with Crippen LogP contribution in [0.1, 0.15) is 10.7 Å². The number of ether oxygens (including phenoxy) is 1. The van der Waals surface area contributed by atoms with E-state index in [1.54, 1.807) is 18.4 Å². The summed E-state index contributed by atoms with van der Waals surface area (Å²) in [6.07, 6.45) is -0.445. The van der Waals surface area contributed by atoms with Gasteiger partial charge in [0.2, 0.25) is 0 Å². The van der Waals surface area contributed by atoms with E-state index in [1.165, 1.54) is 0 Å². The molecule has 1 aromatic heterocycles. The van der Waals surface area contributed by atoms with Crippen LogP contribution < -0.4 is 5.32 Å². The molecule has 0 saturated heterocycles. The summed E-state index contributed by atoms with van der Waals surface area (Å²) in [6, 6.07) is 0. The average molecular weight is 216 g/mol. The third-order valence-corrected chi connectivity index (χ3v) is 2.53. The topological polar surface area (TPSA) is 54.4 Å². The number of aryl methyl sites for hydroxylation is 1. The lowest BCUT2D eigenvalue weighted by Crippen LogP contribution is -2.29. The second-order valence-electron chi connectivity index (χ2n) is 3.10. The van der Waals surface area contributed by atoms with Gasteiger partial charge in [0.05, 0.1) is 23.4 Å². The van der Waals surface area contributed by atoms with Crippen LogP contribution in [0.4, 0.5) is 0 Å². The summed E-state index contributed by atoms with van der Waals surface area (Å²) in [7, 11) is 1.58. The number of methoxy groups -OCH3 is 1. The van der Waals surface area contributed by atoms with E-state index in [9.17, 15) is 5.11 Å². The van der Waals surface area contributed by atoms with E-state index in [1.807, 2.05) is 12.3 Å². The molecule has 0 bridgehead atoms. The molecular formula is C9H16N2O2S. The van der Waals surface area contributed by atoms with Crippen LogP contribution >= 0.6 is 11.3 Å². The lowest BCUT2D eigenvalue weighted by atomic mass is 10.3. The third kappa shape index (κ3) is 4.15. The summed E-state index contributed by atoms with van der Waals surface area (Å²) < 4.78 is 4.81. The smallest absolute Gasteiger partial charge is 0.0897 e. The predicted octanol–water partition coefficient (Wildman–Crippen LogP) is 0.548. The number of hydrogen-bond acceptors (Lipinski definition) is 5. The van der Waals surface area contributed by atoms with Crippen molar-refractivity contribution < 1.29 is 9.84 Å². The highest BCUT2D eigenvalue weighted by atomic mass is 32.1. The fraction of sp³-hybridized carbons (Fsp3) is 0.667. The number of thiazole rings is 1. The van der Waals surface area contributed by atoms with Crippen molar-refractivity contribution in [1.29, 1.82) is 0 Å². The highest BCUT2D eigenvalue weighted by Crippen LogP contribution is 2.06. The molecule has 0 radical (unpaired) electrons. The molecule has 0 aromatic carbocycles. The summed E-state index contributed by atoms with van der Waals surface area (Å²) in [5.74, 6) is 0. The fourth-order valence-corrected chi connectivity index (χ4v) is 1.72. The van der Waals surface area contributed by atoms with Crippen LogP contribution in [0.25, 0.3) is 0 Å². The number of nitrogens with one attached hydrogen (secondary N) is 1. The summed E-state index contributed by atoms with van der Waals surface area (Å²) >= 11 is 1.64. The summed E-state index contributed by atoms with van der Waals surface area (Å²) in [6.45, 7) is 3.58. The van der Waals surface area contributed by atoms with Crippen molar-refractivity contribution >= 4 is 11.3 Å². The van der Waals surface area contributed by atoms with Gasteiger partial charge in [0, 0.05) is 25.6 Å². The Morgan fingerprint density at radius 3 is 3.07 bits per heavy atom. The second kappa shape index (κ2) is 6.08. The molecule has 1 rings (SSSR count). The first-order valence-corrected chi connectivity index (χ1v) is 5.39. The van der Waals surface area contributed by atoms with Crippen LogP contribution in [0.5, 0.6) is 0 Å². The van der Waals surface area contributed by atoms with Crippen LogP contribution in [0.15, 0.2) is 5.38 Å². The molecule has 0 amide bonds. The molecule has 14 heavy (non-hydrogen) atoms. The number of aliphatic hydroxyl groups excluding tert-OH is 1. The molecule has 80 valence electrons. The van der Waals surface area contributed by atoms with Gasteiger partial charge in [-0.25, -0.2) is 4.98 Å². The minimum absolute atomic E-state index is 0.364. The van der Waals surface area contributed by atoms with Crippen LogP contribution in [0.3, 0.4) is 0 Å². The maximum atomic E-state index is 9.33. The number of nitrogens with zero attached hydrogens (tertiary/aromatic N) is 1. The van der Waals surface area contributed by atoms with Crippen molar-refractivity contribution in [3.63, 3.8) is 0 Å². The van der Waals surface area contributed by atoms with Crippen molar-refractivity contribution in [3.05, 3.63) is 16.1 Å². The monoisotopic (exact) mass is 216 g/mol. The zero-order chi connectivity index (χ0) is 10.4. The Bertz CT molecular complexity index is 265. The molecule has 5 heteroatoms. The molecule has 4 nitrogen and oxygen atoms in total. The standard InChI is InChI=1S/C9H16N2O2S/c1-7-11-8(6-14-7)3-10-4-9(12)5-13-2/h6,9-10,12H,3-5H2,1-2H3. The molecule has 2 N–H and O–H groups in total. The second-order valence-corrected chi connectivity index (χ2v) is 4.16. The Balaban J connectivity index is 2.15. The molecule has 0 aliphatic rings. The molecule has 0 saturated carbocycles. The predicted molar refractivity (Wildman–Crippen MR) is 56.4 cm³/mol. The van der Waals surface area contributed by atoms with Crippen molar-refractivity contribution in [2.75, 3.05) is 20.3 Å². The summed E-state index contributed by atoms with van der Waals surface area (Å²) in [4.78, 5) is 4.30. The summed E-state index contributed by atoms with van der Waals surface area (Å²) in [5.41, 5.74) is 1.03. The van der Waals surface area contributed by atoms with E-state index in [0.717, 1.165) is 10.7 Å². The van der Waals surface area contributed by atoms with E-state index in [0.29, 0.717) is 19.7 Å². The number of aromatic nitrogens is 1. The van der Waals surface area contributed by atoms with Crippen molar-refractivity contribution in [3.8, 4) is 0 Å². The highest BCUT2D eigenvalue weighted by molar-refractivity contribution is 7.09. The average Bonchev–Trinajstić information content (AvgIpc) is 2.52. The Hall–Kier alpha value is -0.490. The minimum atomic E-state index is -0.445. The Morgan fingerprint density at radius 1 is 1.71 bits per heavy atom. The first kappa shape index (κ1) is 11.6. The molecule has 0 spiro atoms. The van der Waals surface area contributed by atoms with Gasteiger partial charge in [-0.1, -0.05) is 0 Å². The maximum Gasteiger partial charge on any atom is 0.0897 e. The largest absolute Gasteiger partial charge is 0.389 e. The summed E-state index contributed by atoms with van der Waals surface area (Å²) in [5, 5.41) is 15.5. The van der Waals surface area contributed by atoms with Gasteiger partial charge in [-0.2, -0.15) is 0 Å². The Morgan fingerprint density at radius 2 is 2.50 bits per heavy atom. The lowest BCUT2D eigenvalue weighted by Gasteiger charge is -2.09. The van der Waals surface area contributed by atoms with Gasteiger partial charge in [0.1, 0.15) is 0 Å². The van der Waals surface area contributed by atoms with E-state index in [4.69, 9.17) is 4.74 Å². The molecular weight excluding hydrogens is 200 g/mol. The van der Waals surface area contributed by atoms with Crippen molar-refractivity contribution in [2.24, 2.45) is 0 Å². The van der Waals surface area contributed by atoms with Gasteiger partial charge in [0.15, 0.2) is 0 Å². The van der Waals surface area contributed by atoms with E-state index in [-0.39, 0.29) is 0 Å². The Labute approximate surface area is 87.9 Å². The van der Waals surface area contributed by atoms with Crippen molar-refractivity contribution in [1.82, 2.24) is 10.3 Å². The molecule has 0 aliphatic heterocycles. The van der Waals surface area contributed by atoms with Crippen LogP contribution in [0.2, 0.25) is 0 Å².